The number of carbonyl (C=O) groups excluding carboxylic acids is 2. The number of hydrogen-bond donors (Lipinski definition) is 1. The highest BCUT2D eigenvalue weighted by atomic mass is 16.5. The van der Waals surface area contributed by atoms with Crippen molar-refractivity contribution in [2.45, 2.75) is 33.6 Å². The lowest BCUT2D eigenvalue weighted by atomic mass is 10.1. The van der Waals surface area contributed by atoms with Crippen LogP contribution in [0.3, 0.4) is 0 Å². The molecular formula is C24H29NO5. The summed E-state index contributed by atoms with van der Waals surface area (Å²) in [5.74, 6) is 0.696. The van der Waals surface area contributed by atoms with Gasteiger partial charge >= 0.3 is 5.97 Å². The van der Waals surface area contributed by atoms with Crippen molar-refractivity contribution in [3.63, 3.8) is 0 Å². The molecule has 0 heterocycles. The number of rotatable bonds is 11. The first-order valence-electron chi connectivity index (χ1n) is 10.2. The van der Waals surface area contributed by atoms with Gasteiger partial charge in [0.15, 0.2) is 11.5 Å². The van der Waals surface area contributed by atoms with Crippen LogP contribution in [0.2, 0.25) is 0 Å². The molecule has 1 N–H and O–H groups in total. The van der Waals surface area contributed by atoms with E-state index < -0.39 is 0 Å². The molecule has 0 fully saturated rings. The average molecular weight is 411 g/mol. The van der Waals surface area contributed by atoms with Gasteiger partial charge in [-0.3, -0.25) is 4.79 Å². The zero-order chi connectivity index (χ0) is 21.8. The van der Waals surface area contributed by atoms with Gasteiger partial charge in [0.2, 0.25) is 5.91 Å². The van der Waals surface area contributed by atoms with Gasteiger partial charge in [0.25, 0.3) is 0 Å². The van der Waals surface area contributed by atoms with Gasteiger partial charge in [0.05, 0.1) is 25.4 Å². The van der Waals surface area contributed by atoms with Crippen LogP contribution in [0.5, 0.6) is 11.5 Å². The van der Waals surface area contributed by atoms with Gasteiger partial charge in [-0.15, -0.1) is 0 Å². The van der Waals surface area contributed by atoms with E-state index in [1.807, 2.05) is 25.1 Å². The molecule has 0 spiro atoms. The minimum atomic E-state index is -0.387. The molecule has 2 aromatic rings. The van der Waals surface area contributed by atoms with Crippen molar-refractivity contribution in [1.82, 2.24) is 0 Å². The van der Waals surface area contributed by atoms with Gasteiger partial charge in [-0.05, 0) is 68.3 Å². The Balaban J connectivity index is 1.99. The van der Waals surface area contributed by atoms with Crippen LogP contribution in [-0.2, 0) is 9.53 Å². The number of benzene rings is 2. The first-order chi connectivity index (χ1) is 14.6. The summed E-state index contributed by atoms with van der Waals surface area (Å²) in [6, 6.07) is 12.1. The number of ether oxygens (including phenoxy) is 3. The predicted octanol–water partition coefficient (Wildman–Crippen LogP) is 5.09. The number of amides is 1. The first kappa shape index (κ1) is 23.0. The van der Waals surface area contributed by atoms with E-state index >= 15 is 0 Å². The molecule has 6 heteroatoms. The molecule has 0 aliphatic heterocycles. The van der Waals surface area contributed by atoms with Crippen molar-refractivity contribution in [2.75, 3.05) is 25.1 Å². The second-order valence-corrected chi connectivity index (χ2v) is 6.46. The van der Waals surface area contributed by atoms with Crippen LogP contribution in [0, 0.1) is 0 Å². The minimum Gasteiger partial charge on any atom is -0.490 e. The molecule has 2 rings (SSSR count). The van der Waals surface area contributed by atoms with E-state index in [2.05, 4.69) is 12.2 Å². The second-order valence-electron chi connectivity index (χ2n) is 6.46. The largest absolute Gasteiger partial charge is 0.490 e. The topological polar surface area (TPSA) is 73.9 Å². The summed E-state index contributed by atoms with van der Waals surface area (Å²) in [4.78, 5) is 23.9. The maximum Gasteiger partial charge on any atom is 0.338 e. The number of nitrogens with one attached hydrogen (secondary N) is 1. The average Bonchev–Trinajstić information content (AvgIpc) is 2.74. The Bertz CT molecular complexity index is 858. The maximum absolute atomic E-state index is 12.2. The zero-order valence-corrected chi connectivity index (χ0v) is 17.8. The zero-order valence-electron chi connectivity index (χ0n) is 17.8. The summed E-state index contributed by atoms with van der Waals surface area (Å²) in [7, 11) is 0. The highest BCUT2D eigenvalue weighted by Gasteiger charge is 2.07. The fourth-order valence-corrected chi connectivity index (χ4v) is 2.60. The van der Waals surface area contributed by atoms with Crippen molar-refractivity contribution in [2.24, 2.45) is 0 Å². The van der Waals surface area contributed by atoms with Crippen molar-refractivity contribution >= 4 is 23.6 Å². The van der Waals surface area contributed by atoms with Gasteiger partial charge in [-0.1, -0.05) is 19.4 Å². The third kappa shape index (κ3) is 7.28. The lowest BCUT2D eigenvalue weighted by Gasteiger charge is -2.12. The summed E-state index contributed by atoms with van der Waals surface area (Å²) >= 11 is 0. The second kappa shape index (κ2) is 12.3. The third-order valence-corrected chi connectivity index (χ3v) is 4.11. The summed E-state index contributed by atoms with van der Waals surface area (Å²) in [6.45, 7) is 7.27. The smallest absolute Gasteiger partial charge is 0.338 e. The van der Waals surface area contributed by atoms with E-state index in [0.29, 0.717) is 42.6 Å². The molecule has 0 radical (unpaired) electrons. The molecule has 160 valence electrons. The molecule has 0 saturated carbocycles. The van der Waals surface area contributed by atoms with Gasteiger partial charge < -0.3 is 19.5 Å². The molecule has 0 saturated heterocycles. The first-order valence-corrected chi connectivity index (χ1v) is 10.2. The molecule has 0 aromatic heterocycles. The van der Waals surface area contributed by atoms with E-state index in [9.17, 15) is 9.59 Å². The Labute approximate surface area is 177 Å². The van der Waals surface area contributed by atoms with Crippen molar-refractivity contribution < 1.29 is 23.8 Å². The summed E-state index contributed by atoms with van der Waals surface area (Å²) in [6.07, 6.45) is 5.20. The molecule has 0 unspecified atom stereocenters. The standard InChI is InChI=1S/C24H29NO5/c1-4-7-16-30-21-14-8-18(17-22(21)28-5-2)9-15-23(26)25-20-12-10-19(11-13-20)24(27)29-6-3/h8-15,17H,4-7,16H2,1-3H3,(H,25,26)/b15-9+. The SMILES string of the molecule is CCCCOc1ccc(/C=C/C(=O)Nc2ccc(C(=O)OCC)cc2)cc1OCC. The van der Waals surface area contributed by atoms with Gasteiger partial charge in [-0.2, -0.15) is 0 Å². The number of hydrogen-bond acceptors (Lipinski definition) is 5. The lowest BCUT2D eigenvalue weighted by Crippen LogP contribution is -2.09. The van der Waals surface area contributed by atoms with E-state index in [1.54, 1.807) is 37.3 Å². The highest BCUT2D eigenvalue weighted by Crippen LogP contribution is 2.29. The number of carbonyl (C=O) groups is 2. The van der Waals surface area contributed by atoms with Gasteiger partial charge in [0, 0.05) is 11.8 Å². The fourth-order valence-electron chi connectivity index (χ4n) is 2.60. The van der Waals surface area contributed by atoms with E-state index in [0.717, 1.165) is 18.4 Å². The monoisotopic (exact) mass is 411 g/mol. The molecule has 0 aliphatic carbocycles. The van der Waals surface area contributed by atoms with E-state index in [-0.39, 0.29) is 11.9 Å². The predicted molar refractivity (Wildman–Crippen MR) is 118 cm³/mol. The molecule has 1 amide bonds. The molecule has 0 atom stereocenters. The van der Waals surface area contributed by atoms with Crippen molar-refractivity contribution in [3.05, 3.63) is 59.7 Å². The van der Waals surface area contributed by atoms with Crippen LogP contribution < -0.4 is 14.8 Å². The molecule has 6 nitrogen and oxygen atoms in total. The Hall–Kier alpha value is -3.28. The van der Waals surface area contributed by atoms with Gasteiger partial charge in [0.1, 0.15) is 0 Å². The third-order valence-electron chi connectivity index (χ3n) is 4.11. The van der Waals surface area contributed by atoms with Gasteiger partial charge in [-0.25, -0.2) is 4.79 Å². The Morgan fingerprint density at radius 3 is 2.37 bits per heavy atom. The highest BCUT2D eigenvalue weighted by molar-refractivity contribution is 6.02. The Kier molecular flexibility index (Phi) is 9.45. The quantitative estimate of drug-likeness (QED) is 0.317. The molecule has 30 heavy (non-hydrogen) atoms. The summed E-state index contributed by atoms with van der Waals surface area (Å²) in [5, 5.41) is 2.76. The fraction of sp³-hybridized carbons (Fsp3) is 0.333. The normalized spacial score (nSPS) is 10.6. The van der Waals surface area contributed by atoms with Crippen LogP contribution in [-0.4, -0.2) is 31.7 Å². The maximum atomic E-state index is 12.2. The van der Waals surface area contributed by atoms with Crippen molar-refractivity contribution in [3.8, 4) is 11.5 Å². The number of unbranched alkanes of at least 4 members (excludes halogenated alkanes) is 1. The number of esters is 1. The van der Waals surface area contributed by atoms with Crippen LogP contribution in [0.15, 0.2) is 48.5 Å². The molecule has 2 aromatic carbocycles. The van der Waals surface area contributed by atoms with Crippen LogP contribution in [0.1, 0.15) is 49.5 Å². The molecule has 0 aliphatic rings. The van der Waals surface area contributed by atoms with Crippen LogP contribution >= 0.6 is 0 Å². The molecular weight excluding hydrogens is 382 g/mol. The van der Waals surface area contributed by atoms with Crippen LogP contribution in [0.25, 0.3) is 6.08 Å². The van der Waals surface area contributed by atoms with E-state index in [1.165, 1.54) is 6.08 Å². The summed E-state index contributed by atoms with van der Waals surface area (Å²) < 4.78 is 16.4. The van der Waals surface area contributed by atoms with Crippen LogP contribution in [0.4, 0.5) is 5.69 Å². The Morgan fingerprint density at radius 2 is 1.70 bits per heavy atom. The minimum absolute atomic E-state index is 0.278. The lowest BCUT2D eigenvalue weighted by molar-refractivity contribution is -0.111. The summed E-state index contributed by atoms with van der Waals surface area (Å²) in [5.41, 5.74) is 1.86. The number of anilines is 1. The van der Waals surface area contributed by atoms with Crippen molar-refractivity contribution in [1.29, 1.82) is 0 Å². The molecule has 0 bridgehead atoms. The van der Waals surface area contributed by atoms with E-state index in [4.69, 9.17) is 14.2 Å². The Morgan fingerprint density at radius 1 is 0.933 bits per heavy atom.